The molecule has 2 atom stereocenters. The van der Waals surface area contributed by atoms with Gasteiger partial charge in [-0.3, -0.25) is 4.79 Å². The van der Waals surface area contributed by atoms with Crippen LogP contribution in [0.3, 0.4) is 0 Å². The van der Waals surface area contributed by atoms with Crippen molar-refractivity contribution in [2.24, 2.45) is 5.73 Å². The summed E-state index contributed by atoms with van der Waals surface area (Å²) in [6.07, 6.45) is 0.671. The van der Waals surface area contributed by atoms with E-state index in [9.17, 15) is 4.79 Å². The van der Waals surface area contributed by atoms with Gasteiger partial charge >= 0.3 is 0 Å². The van der Waals surface area contributed by atoms with Crippen molar-refractivity contribution >= 4 is 5.91 Å². The minimum absolute atomic E-state index is 0.104. The highest BCUT2D eigenvalue weighted by Gasteiger charge is 2.17. The zero-order chi connectivity index (χ0) is 17.5. The van der Waals surface area contributed by atoms with E-state index in [4.69, 9.17) is 10.5 Å². The van der Waals surface area contributed by atoms with Crippen LogP contribution in [0.2, 0.25) is 0 Å². The summed E-state index contributed by atoms with van der Waals surface area (Å²) in [5, 5.41) is 2.97. The number of hydrogen-bond donors (Lipinski definition) is 2. The van der Waals surface area contributed by atoms with E-state index in [1.807, 2.05) is 75.4 Å². The molecule has 2 aromatic rings. The fourth-order valence-electron chi connectivity index (χ4n) is 2.47. The maximum Gasteiger partial charge on any atom is 0.237 e. The maximum absolute atomic E-state index is 12.3. The molecule has 24 heavy (non-hydrogen) atoms. The molecule has 0 aliphatic carbocycles. The first-order chi connectivity index (χ1) is 11.5. The number of nitrogens with one attached hydrogen (secondary N) is 1. The van der Waals surface area contributed by atoms with E-state index < -0.39 is 6.04 Å². The Morgan fingerprint density at radius 2 is 1.67 bits per heavy atom. The molecule has 4 nitrogen and oxygen atoms in total. The Bertz CT molecular complexity index is 638. The molecule has 2 aromatic carbocycles. The number of nitrogens with two attached hydrogens (primary N) is 1. The van der Waals surface area contributed by atoms with Gasteiger partial charge in [-0.1, -0.05) is 42.5 Å². The van der Waals surface area contributed by atoms with E-state index in [1.165, 1.54) is 0 Å². The van der Waals surface area contributed by atoms with E-state index in [2.05, 4.69) is 5.32 Å². The summed E-state index contributed by atoms with van der Waals surface area (Å²) in [6.45, 7) is 5.93. The molecule has 0 spiro atoms. The molecular formula is C20H26N2O2. The third-order valence-electron chi connectivity index (χ3n) is 3.75. The van der Waals surface area contributed by atoms with Crippen LogP contribution in [0.5, 0.6) is 5.75 Å². The lowest BCUT2D eigenvalue weighted by Crippen LogP contribution is -2.42. The summed E-state index contributed by atoms with van der Waals surface area (Å²) in [5.74, 6) is 0.682. The predicted molar refractivity (Wildman–Crippen MR) is 96.9 cm³/mol. The van der Waals surface area contributed by atoms with E-state index in [1.54, 1.807) is 0 Å². The highest BCUT2D eigenvalue weighted by molar-refractivity contribution is 5.82. The summed E-state index contributed by atoms with van der Waals surface area (Å²) < 4.78 is 5.63. The van der Waals surface area contributed by atoms with Gasteiger partial charge in [0, 0.05) is 0 Å². The number of carbonyl (C=O) groups excluding carboxylic acids is 1. The Kier molecular flexibility index (Phi) is 6.38. The molecular weight excluding hydrogens is 300 g/mol. The number of carbonyl (C=O) groups is 1. The predicted octanol–water partition coefficient (Wildman–Crippen LogP) is 3.22. The second-order valence-corrected chi connectivity index (χ2v) is 6.26. The van der Waals surface area contributed by atoms with Gasteiger partial charge in [0.15, 0.2) is 0 Å². The molecule has 128 valence electrons. The van der Waals surface area contributed by atoms with E-state index in [-0.39, 0.29) is 18.1 Å². The summed E-state index contributed by atoms with van der Waals surface area (Å²) in [4.78, 5) is 12.3. The minimum Gasteiger partial charge on any atom is -0.491 e. The van der Waals surface area contributed by atoms with E-state index in [0.29, 0.717) is 6.42 Å². The van der Waals surface area contributed by atoms with Gasteiger partial charge in [-0.25, -0.2) is 0 Å². The Hall–Kier alpha value is -2.33. The molecule has 0 aliphatic heterocycles. The lowest BCUT2D eigenvalue weighted by atomic mass is 10.0. The molecule has 0 heterocycles. The SMILES string of the molecule is CC(C)Oc1ccc(C(C)NC(=O)[C@@H](N)Cc2ccccc2)cc1. The van der Waals surface area contributed by atoms with Gasteiger partial charge in [-0.05, 0) is 50.5 Å². The van der Waals surface area contributed by atoms with Crippen molar-refractivity contribution in [2.75, 3.05) is 0 Å². The smallest absolute Gasteiger partial charge is 0.237 e. The number of rotatable bonds is 7. The summed E-state index contributed by atoms with van der Waals surface area (Å²) in [7, 11) is 0. The average molecular weight is 326 g/mol. The van der Waals surface area contributed by atoms with Gasteiger partial charge in [-0.15, -0.1) is 0 Å². The lowest BCUT2D eigenvalue weighted by molar-refractivity contribution is -0.123. The zero-order valence-corrected chi connectivity index (χ0v) is 14.5. The highest BCUT2D eigenvalue weighted by atomic mass is 16.5. The van der Waals surface area contributed by atoms with Crippen LogP contribution in [0.25, 0.3) is 0 Å². The van der Waals surface area contributed by atoms with Crippen molar-refractivity contribution in [1.29, 1.82) is 0 Å². The van der Waals surface area contributed by atoms with Gasteiger partial charge in [0.2, 0.25) is 5.91 Å². The first-order valence-corrected chi connectivity index (χ1v) is 8.32. The van der Waals surface area contributed by atoms with Crippen LogP contribution in [0, 0.1) is 0 Å². The molecule has 0 fully saturated rings. The normalized spacial score (nSPS) is 13.4. The Balaban J connectivity index is 1.90. The number of amides is 1. The van der Waals surface area contributed by atoms with Crippen LogP contribution in [0.4, 0.5) is 0 Å². The summed E-state index contributed by atoms with van der Waals surface area (Å²) in [5.41, 5.74) is 8.10. The second-order valence-electron chi connectivity index (χ2n) is 6.26. The van der Waals surface area contributed by atoms with Crippen molar-refractivity contribution in [2.45, 2.75) is 45.4 Å². The van der Waals surface area contributed by atoms with E-state index in [0.717, 1.165) is 16.9 Å². The Labute approximate surface area is 144 Å². The van der Waals surface area contributed by atoms with Crippen LogP contribution in [-0.2, 0) is 11.2 Å². The topological polar surface area (TPSA) is 64.3 Å². The van der Waals surface area contributed by atoms with Gasteiger partial charge in [-0.2, -0.15) is 0 Å². The van der Waals surface area contributed by atoms with Crippen LogP contribution in [-0.4, -0.2) is 18.1 Å². The number of ether oxygens (including phenoxy) is 1. The molecule has 0 saturated heterocycles. The molecule has 4 heteroatoms. The monoisotopic (exact) mass is 326 g/mol. The van der Waals surface area contributed by atoms with Gasteiger partial charge in [0.05, 0.1) is 18.2 Å². The molecule has 0 radical (unpaired) electrons. The van der Waals surface area contributed by atoms with Gasteiger partial charge in [0.1, 0.15) is 5.75 Å². The quantitative estimate of drug-likeness (QED) is 0.821. The first-order valence-electron chi connectivity index (χ1n) is 8.32. The molecule has 0 aromatic heterocycles. The van der Waals surface area contributed by atoms with E-state index >= 15 is 0 Å². The molecule has 1 amide bonds. The first kappa shape index (κ1) is 18.0. The minimum atomic E-state index is -0.557. The molecule has 1 unspecified atom stereocenters. The van der Waals surface area contributed by atoms with Crippen LogP contribution in [0.15, 0.2) is 54.6 Å². The Morgan fingerprint density at radius 1 is 1.04 bits per heavy atom. The van der Waals surface area contributed by atoms with Crippen LogP contribution in [0.1, 0.15) is 37.9 Å². The number of benzene rings is 2. The molecule has 2 rings (SSSR count). The molecule has 0 aliphatic rings. The van der Waals surface area contributed by atoms with Crippen LogP contribution < -0.4 is 15.8 Å². The third kappa shape index (κ3) is 5.39. The molecule has 0 saturated carbocycles. The summed E-state index contributed by atoms with van der Waals surface area (Å²) in [6, 6.07) is 16.9. The molecule has 3 N–H and O–H groups in total. The third-order valence-corrected chi connectivity index (χ3v) is 3.75. The fraction of sp³-hybridized carbons (Fsp3) is 0.350. The van der Waals surface area contributed by atoms with Crippen molar-refractivity contribution in [3.8, 4) is 5.75 Å². The lowest BCUT2D eigenvalue weighted by Gasteiger charge is -2.18. The van der Waals surface area contributed by atoms with Crippen molar-refractivity contribution < 1.29 is 9.53 Å². The van der Waals surface area contributed by atoms with Crippen molar-refractivity contribution in [1.82, 2.24) is 5.32 Å². The largest absolute Gasteiger partial charge is 0.491 e. The van der Waals surface area contributed by atoms with Gasteiger partial charge < -0.3 is 15.8 Å². The highest BCUT2D eigenvalue weighted by Crippen LogP contribution is 2.18. The maximum atomic E-state index is 12.3. The summed E-state index contributed by atoms with van der Waals surface area (Å²) >= 11 is 0. The fourth-order valence-corrected chi connectivity index (χ4v) is 2.47. The standard InChI is InChI=1S/C20H26N2O2/c1-14(2)24-18-11-9-17(10-12-18)15(3)22-20(23)19(21)13-16-7-5-4-6-8-16/h4-12,14-15,19H,13,21H2,1-3H3,(H,22,23)/t15?,19-/m0/s1. The molecule has 0 bridgehead atoms. The van der Waals surface area contributed by atoms with Gasteiger partial charge in [0.25, 0.3) is 0 Å². The number of hydrogen-bond acceptors (Lipinski definition) is 3. The zero-order valence-electron chi connectivity index (χ0n) is 14.5. The van der Waals surface area contributed by atoms with Crippen molar-refractivity contribution in [3.63, 3.8) is 0 Å². The Morgan fingerprint density at radius 3 is 2.25 bits per heavy atom. The van der Waals surface area contributed by atoms with Crippen molar-refractivity contribution in [3.05, 3.63) is 65.7 Å². The van der Waals surface area contributed by atoms with Crippen LogP contribution >= 0.6 is 0 Å². The average Bonchev–Trinajstić information content (AvgIpc) is 2.55. The second kappa shape index (κ2) is 8.50.